The summed E-state index contributed by atoms with van der Waals surface area (Å²) in [5.41, 5.74) is 2.54. The lowest BCUT2D eigenvalue weighted by Gasteiger charge is -2.32. The van der Waals surface area contributed by atoms with Gasteiger partial charge in [-0.2, -0.15) is 5.10 Å². The average molecular weight is 303 g/mol. The maximum Gasteiger partial charge on any atom is 0.223 e. The molecule has 1 saturated heterocycles. The Morgan fingerprint density at radius 3 is 3.05 bits per heavy atom. The predicted octanol–water partition coefficient (Wildman–Crippen LogP) is 1.60. The van der Waals surface area contributed by atoms with Crippen molar-refractivity contribution in [3.8, 4) is 0 Å². The first kappa shape index (κ1) is 14.2. The van der Waals surface area contributed by atoms with Crippen molar-refractivity contribution in [3.63, 3.8) is 0 Å². The molecule has 22 heavy (non-hydrogen) atoms. The Morgan fingerprint density at radius 2 is 2.23 bits per heavy atom. The van der Waals surface area contributed by atoms with Crippen LogP contribution in [0.4, 0.5) is 0 Å². The van der Waals surface area contributed by atoms with Gasteiger partial charge in [0.05, 0.1) is 12.3 Å². The van der Waals surface area contributed by atoms with E-state index < -0.39 is 0 Å². The largest absolute Gasteiger partial charge is 0.378 e. The highest BCUT2D eigenvalue weighted by Gasteiger charge is 2.37. The van der Waals surface area contributed by atoms with Gasteiger partial charge in [0, 0.05) is 37.7 Å². The van der Waals surface area contributed by atoms with Gasteiger partial charge in [0.2, 0.25) is 5.91 Å². The van der Waals surface area contributed by atoms with Gasteiger partial charge in [0.1, 0.15) is 0 Å². The Kier molecular flexibility index (Phi) is 3.68. The number of hydrogen-bond donors (Lipinski definition) is 1. The number of aryl methyl sites for hydroxylation is 2. The van der Waals surface area contributed by atoms with E-state index in [0.29, 0.717) is 12.1 Å². The van der Waals surface area contributed by atoms with E-state index in [0.717, 1.165) is 44.6 Å². The maximum atomic E-state index is 12.6. The van der Waals surface area contributed by atoms with Crippen LogP contribution in [-0.4, -0.2) is 34.4 Å². The molecule has 0 radical (unpaired) electrons. The Hall–Kier alpha value is -1.36. The summed E-state index contributed by atoms with van der Waals surface area (Å²) in [6.07, 6.45) is 9.64. The zero-order valence-corrected chi connectivity index (χ0v) is 13.3. The summed E-state index contributed by atoms with van der Waals surface area (Å²) in [5, 5.41) is 7.61. The molecule has 0 spiro atoms. The molecule has 1 saturated carbocycles. The molecule has 0 aromatic carbocycles. The van der Waals surface area contributed by atoms with Gasteiger partial charge in [-0.1, -0.05) is 0 Å². The van der Waals surface area contributed by atoms with Crippen LogP contribution in [0.25, 0.3) is 0 Å². The molecular formula is C17H25N3O2. The summed E-state index contributed by atoms with van der Waals surface area (Å²) in [6.45, 7) is 0.794. The van der Waals surface area contributed by atoms with Gasteiger partial charge in [-0.15, -0.1) is 0 Å². The predicted molar refractivity (Wildman–Crippen MR) is 82.4 cm³/mol. The molecule has 4 rings (SSSR count). The molecule has 2 aliphatic carbocycles. The van der Waals surface area contributed by atoms with Crippen LogP contribution in [0.3, 0.4) is 0 Å². The molecule has 1 aromatic heterocycles. The highest BCUT2D eigenvalue weighted by Crippen LogP contribution is 2.38. The highest BCUT2D eigenvalue weighted by molar-refractivity contribution is 5.79. The van der Waals surface area contributed by atoms with E-state index in [-0.39, 0.29) is 11.8 Å². The van der Waals surface area contributed by atoms with Gasteiger partial charge in [-0.05, 0) is 50.0 Å². The van der Waals surface area contributed by atoms with Crippen molar-refractivity contribution in [2.45, 2.75) is 57.1 Å². The fourth-order valence-electron chi connectivity index (χ4n) is 3.94. The van der Waals surface area contributed by atoms with Crippen LogP contribution in [-0.2, 0) is 29.4 Å². The average Bonchev–Trinajstić information content (AvgIpc) is 3.32. The zero-order chi connectivity index (χ0) is 15.1. The summed E-state index contributed by atoms with van der Waals surface area (Å²) in [5.74, 6) is 1.09. The molecule has 0 bridgehead atoms. The van der Waals surface area contributed by atoms with Crippen LogP contribution >= 0.6 is 0 Å². The standard InChI is InChI=1S/C17H25N3O2/c1-20-15-8-12(4-5-13(15)10-18-20)17(21)19-14-6-7-22-16(9-14)11-2-3-11/h10-12,14,16H,2-9H2,1H3,(H,19,21). The molecule has 1 N–H and O–H groups in total. The molecule has 1 aliphatic heterocycles. The minimum absolute atomic E-state index is 0.102. The van der Waals surface area contributed by atoms with E-state index in [2.05, 4.69) is 10.4 Å². The van der Waals surface area contributed by atoms with Crippen LogP contribution in [0.5, 0.6) is 0 Å². The number of ether oxygens (including phenoxy) is 1. The molecule has 3 aliphatic rings. The number of nitrogens with zero attached hydrogens (tertiary/aromatic N) is 2. The normalized spacial score (nSPS) is 31.6. The van der Waals surface area contributed by atoms with Crippen molar-refractivity contribution in [1.29, 1.82) is 0 Å². The molecule has 1 aromatic rings. The molecule has 5 nitrogen and oxygen atoms in total. The summed E-state index contributed by atoms with van der Waals surface area (Å²) < 4.78 is 7.77. The van der Waals surface area contributed by atoms with E-state index in [1.165, 1.54) is 24.1 Å². The Morgan fingerprint density at radius 1 is 1.36 bits per heavy atom. The Labute approximate surface area is 131 Å². The lowest BCUT2D eigenvalue weighted by atomic mass is 9.87. The third kappa shape index (κ3) is 2.78. The smallest absolute Gasteiger partial charge is 0.223 e. The number of amides is 1. The number of nitrogens with one attached hydrogen (secondary N) is 1. The van der Waals surface area contributed by atoms with Gasteiger partial charge in [-0.25, -0.2) is 0 Å². The summed E-state index contributed by atoms with van der Waals surface area (Å²) in [6, 6.07) is 0.305. The van der Waals surface area contributed by atoms with Gasteiger partial charge >= 0.3 is 0 Å². The second-order valence-corrected chi connectivity index (χ2v) is 7.16. The van der Waals surface area contributed by atoms with E-state index in [9.17, 15) is 4.79 Å². The molecular weight excluding hydrogens is 278 g/mol. The highest BCUT2D eigenvalue weighted by atomic mass is 16.5. The summed E-state index contributed by atoms with van der Waals surface area (Å²) in [4.78, 5) is 12.6. The van der Waals surface area contributed by atoms with Crippen LogP contribution in [0.1, 0.15) is 43.4 Å². The quantitative estimate of drug-likeness (QED) is 0.923. The topological polar surface area (TPSA) is 56.2 Å². The third-order valence-corrected chi connectivity index (χ3v) is 5.53. The van der Waals surface area contributed by atoms with Crippen molar-refractivity contribution in [2.24, 2.45) is 18.9 Å². The van der Waals surface area contributed by atoms with Crippen molar-refractivity contribution in [2.75, 3.05) is 6.61 Å². The Bertz CT molecular complexity index is 564. The van der Waals surface area contributed by atoms with Crippen molar-refractivity contribution >= 4 is 5.91 Å². The van der Waals surface area contributed by atoms with Crippen LogP contribution in [0.2, 0.25) is 0 Å². The molecule has 3 unspecified atom stereocenters. The molecule has 3 atom stereocenters. The zero-order valence-electron chi connectivity index (χ0n) is 13.3. The van der Waals surface area contributed by atoms with Crippen LogP contribution in [0.15, 0.2) is 6.20 Å². The number of carbonyl (C=O) groups excluding carboxylic acids is 1. The molecule has 120 valence electrons. The maximum absolute atomic E-state index is 12.6. The monoisotopic (exact) mass is 303 g/mol. The Balaban J connectivity index is 1.35. The third-order valence-electron chi connectivity index (χ3n) is 5.53. The first-order chi connectivity index (χ1) is 10.7. The minimum Gasteiger partial charge on any atom is -0.378 e. The summed E-state index contributed by atoms with van der Waals surface area (Å²) >= 11 is 0. The van der Waals surface area contributed by atoms with Crippen LogP contribution < -0.4 is 5.32 Å². The van der Waals surface area contributed by atoms with E-state index in [1.807, 2.05) is 17.9 Å². The first-order valence-corrected chi connectivity index (χ1v) is 8.62. The van der Waals surface area contributed by atoms with Gasteiger partial charge in [0.15, 0.2) is 0 Å². The second-order valence-electron chi connectivity index (χ2n) is 7.16. The number of hydrogen-bond acceptors (Lipinski definition) is 3. The SMILES string of the molecule is Cn1ncc2c1CC(C(=O)NC1CCOC(C3CC3)C1)CC2. The molecule has 5 heteroatoms. The number of rotatable bonds is 3. The van der Waals surface area contributed by atoms with Crippen LogP contribution in [0, 0.1) is 11.8 Å². The number of carbonyl (C=O) groups is 1. The second kappa shape index (κ2) is 5.69. The number of fused-ring (bicyclic) bond motifs is 1. The molecule has 1 amide bonds. The van der Waals surface area contributed by atoms with Gasteiger partial charge in [-0.3, -0.25) is 9.48 Å². The van der Waals surface area contributed by atoms with Gasteiger partial charge < -0.3 is 10.1 Å². The van der Waals surface area contributed by atoms with Gasteiger partial charge in [0.25, 0.3) is 0 Å². The van der Waals surface area contributed by atoms with E-state index in [1.54, 1.807) is 0 Å². The van der Waals surface area contributed by atoms with Crippen molar-refractivity contribution in [3.05, 3.63) is 17.5 Å². The van der Waals surface area contributed by atoms with Crippen molar-refractivity contribution in [1.82, 2.24) is 15.1 Å². The fraction of sp³-hybridized carbons (Fsp3) is 0.765. The molecule has 2 heterocycles. The van der Waals surface area contributed by atoms with E-state index >= 15 is 0 Å². The van der Waals surface area contributed by atoms with Crippen molar-refractivity contribution < 1.29 is 9.53 Å². The fourth-order valence-corrected chi connectivity index (χ4v) is 3.94. The lowest BCUT2D eigenvalue weighted by Crippen LogP contribution is -2.45. The number of aromatic nitrogens is 2. The minimum atomic E-state index is 0.102. The summed E-state index contributed by atoms with van der Waals surface area (Å²) in [7, 11) is 1.97. The van der Waals surface area contributed by atoms with E-state index in [4.69, 9.17) is 4.74 Å². The first-order valence-electron chi connectivity index (χ1n) is 8.62. The lowest BCUT2D eigenvalue weighted by molar-refractivity contribution is -0.127. The molecule has 2 fully saturated rings.